The fourth-order valence-electron chi connectivity index (χ4n) is 2.28. The van der Waals surface area contributed by atoms with Crippen molar-refractivity contribution in [3.8, 4) is 5.75 Å². The van der Waals surface area contributed by atoms with Crippen LogP contribution in [0.2, 0.25) is 5.02 Å². The zero-order valence-corrected chi connectivity index (χ0v) is 17.7. The van der Waals surface area contributed by atoms with Crippen LogP contribution in [0, 0.1) is 0 Å². The highest BCUT2D eigenvalue weighted by molar-refractivity contribution is 9.10. The number of aldehydes is 1. The number of amides is 1. The minimum atomic E-state index is -1.10. The lowest BCUT2D eigenvalue weighted by molar-refractivity contribution is -0.139. The van der Waals surface area contributed by atoms with E-state index in [1.807, 2.05) is 0 Å². The van der Waals surface area contributed by atoms with Crippen molar-refractivity contribution in [1.29, 1.82) is 0 Å². The highest BCUT2D eigenvalue weighted by Crippen LogP contribution is 2.27. The average Bonchev–Trinajstić information content (AvgIpc) is 2.66. The Balaban J connectivity index is 1.96. The molecule has 2 aromatic rings. The van der Waals surface area contributed by atoms with Crippen molar-refractivity contribution in [3.05, 3.63) is 63.1 Å². The van der Waals surface area contributed by atoms with Gasteiger partial charge in [-0.3, -0.25) is 4.79 Å². The first-order chi connectivity index (χ1) is 13.4. The third kappa shape index (κ3) is 7.53. The molecule has 0 aliphatic heterocycles. The van der Waals surface area contributed by atoms with Gasteiger partial charge in [0, 0.05) is 16.0 Å². The van der Waals surface area contributed by atoms with Crippen LogP contribution in [0.5, 0.6) is 5.75 Å². The predicted octanol–water partition coefficient (Wildman–Crippen LogP) is 4.32. The van der Waals surface area contributed by atoms with Gasteiger partial charge in [0.2, 0.25) is 0 Å². The van der Waals surface area contributed by atoms with E-state index >= 15 is 0 Å². The van der Waals surface area contributed by atoms with Gasteiger partial charge in [0.15, 0.2) is 6.61 Å². The van der Waals surface area contributed by atoms with Gasteiger partial charge in [-0.15, -0.1) is 0 Å². The third-order valence-corrected chi connectivity index (χ3v) is 5.24. The highest BCUT2D eigenvalue weighted by atomic mass is 79.9. The molecule has 28 heavy (non-hydrogen) atoms. The van der Waals surface area contributed by atoms with Gasteiger partial charge in [0.1, 0.15) is 12.0 Å². The van der Waals surface area contributed by atoms with Crippen LogP contribution in [0.1, 0.15) is 11.1 Å². The maximum absolute atomic E-state index is 12.2. The molecule has 0 spiro atoms. The second-order valence-corrected chi connectivity index (χ2v) is 8.26. The monoisotopic (exact) mass is 485 g/mol. The third-order valence-electron chi connectivity index (χ3n) is 3.56. The molecule has 0 saturated carbocycles. The fourth-order valence-corrected chi connectivity index (χ4v) is 3.56. The maximum atomic E-state index is 12.2. The summed E-state index contributed by atoms with van der Waals surface area (Å²) in [6, 6.07) is 12.1. The molecule has 2 N–H and O–H groups in total. The molecule has 2 aromatic carbocycles. The molecule has 0 aliphatic rings. The number of ether oxygens (including phenoxy) is 1. The number of hydrogen-bond acceptors (Lipinski definition) is 5. The summed E-state index contributed by atoms with van der Waals surface area (Å²) in [6.07, 6.45) is 0.908. The van der Waals surface area contributed by atoms with Crippen LogP contribution >= 0.6 is 39.3 Å². The Kier molecular flexibility index (Phi) is 8.82. The lowest BCUT2D eigenvalue weighted by atomic mass is 10.1. The van der Waals surface area contributed by atoms with Crippen molar-refractivity contribution < 1.29 is 24.2 Å². The van der Waals surface area contributed by atoms with E-state index in [1.165, 1.54) is 0 Å². The fraction of sp³-hybridized carbons (Fsp3) is 0.211. The number of hydrogen-bond donors (Lipinski definition) is 2. The Morgan fingerprint density at radius 3 is 2.61 bits per heavy atom. The number of carbonyl (C=O) groups is 3. The minimum Gasteiger partial charge on any atom is -0.482 e. The van der Waals surface area contributed by atoms with Gasteiger partial charge in [0.25, 0.3) is 5.24 Å². The predicted molar refractivity (Wildman–Crippen MR) is 112 cm³/mol. The van der Waals surface area contributed by atoms with E-state index in [1.54, 1.807) is 42.5 Å². The SMILES string of the molecule is O=CC(Cc1cc(Br)ccc1OCC(=O)O)SC(=O)NCc1ccc(Cl)cc1. The van der Waals surface area contributed by atoms with E-state index in [9.17, 15) is 14.4 Å². The average molecular weight is 487 g/mol. The molecule has 0 radical (unpaired) electrons. The van der Waals surface area contributed by atoms with Crippen molar-refractivity contribution in [2.24, 2.45) is 0 Å². The molecule has 2 rings (SSSR count). The normalized spacial score (nSPS) is 11.5. The van der Waals surface area contributed by atoms with Crippen molar-refractivity contribution in [2.45, 2.75) is 18.2 Å². The Morgan fingerprint density at radius 1 is 1.25 bits per heavy atom. The first-order valence-electron chi connectivity index (χ1n) is 8.14. The van der Waals surface area contributed by atoms with Crippen LogP contribution in [-0.4, -0.2) is 34.5 Å². The number of carboxylic acid groups (broad SMARTS) is 1. The number of rotatable bonds is 9. The number of carbonyl (C=O) groups excluding carboxylic acids is 2. The van der Waals surface area contributed by atoms with Gasteiger partial charge in [-0.25, -0.2) is 4.79 Å². The Morgan fingerprint density at radius 2 is 1.96 bits per heavy atom. The van der Waals surface area contributed by atoms with E-state index in [-0.39, 0.29) is 11.7 Å². The smallest absolute Gasteiger partial charge is 0.341 e. The molecule has 0 aliphatic carbocycles. The van der Waals surface area contributed by atoms with Gasteiger partial charge in [-0.2, -0.15) is 0 Å². The van der Waals surface area contributed by atoms with Crippen LogP contribution in [-0.2, 0) is 22.6 Å². The molecule has 9 heteroatoms. The second-order valence-electron chi connectivity index (χ2n) is 5.70. The molecule has 1 amide bonds. The van der Waals surface area contributed by atoms with Gasteiger partial charge in [-0.1, -0.05) is 51.4 Å². The van der Waals surface area contributed by atoms with E-state index in [4.69, 9.17) is 21.4 Å². The highest BCUT2D eigenvalue weighted by Gasteiger charge is 2.18. The number of nitrogens with one attached hydrogen (secondary N) is 1. The Hall–Kier alpha value is -2.03. The number of aliphatic carboxylic acids is 1. The summed E-state index contributed by atoms with van der Waals surface area (Å²) >= 11 is 10.0. The van der Waals surface area contributed by atoms with Crippen LogP contribution < -0.4 is 10.1 Å². The van der Waals surface area contributed by atoms with E-state index in [2.05, 4.69) is 21.2 Å². The Bertz CT molecular complexity index is 847. The van der Waals surface area contributed by atoms with E-state index in [0.717, 1.165) is 21.8 Å². The van der Waals surface area contributed by atoms with Crippen molar-refractivity contribution in [1.82, 2.24) is 5.32 Å². The lowest BCUT2D eigenvalue weighted by Crippen LogP contribution is -2.22. The lowest BCUT2D eigenvalue weighted by Gasteiger charge is -2.14. The second kappa shape index (κ2) is 11.1. The van der Waals surface area contributed by atoms with E-state index < -0.39 is 17.8 Å². The quantitative estimate of drug-likeness (QED) is 0.513. The molecule has 6 nitrogen and oxygen atoms in total. The van der Waals surface area contributed by atoms with Gasteiger partial charge in [-0.05, 0) is 47.9 Å². The molecule has 0 heterocycles. The first-order valence-corrected chi connectivity index (χ1v) is 10.2. The largest absolute Gasteiger partial charge is 0.482 e. The summed E-state index contributed by atoms with van der Waals surface area (Å²) in [7, 11) is 0. The summed E-state index contributed by atoms with van der Waals surface area (Å²) in [5.41, 5.74) is 1.52. The van der Waals surface area contributed by atoms with E-state index in [0.29, 0.717) is 29.2 Å². The van der Waals surface area contributed by atoms with Crippen LogP contribution in [0.15, 0.2) is 46.9 Å². The summed E-state index contributed by atoms with van der Waals surface area (Å²) in [5.74, 6) is -0.739. The maximum Gasteiger partial charge on any atom is 0.341 e. The van der Waals surface area contributed by atoms with Crippen molar-refractivity contribution in [2.75, 3.05) is 6.61 Å². The minimum absolute atomic E-state index is 0.219. The summed E-state index contributed by atoms with van der Waals surface area (Å²) in [4.78, 5) is 34.3. The summed E-state index contributed by atoms with van der Waals surface area (Å²) in [5, 5.41) is 11.1. The standard InChI is InChI=1S/C19H17BrClNO5S/c20-14-3-6-17(27-11-18(24)25)13(7-14)8-16(10-23)28-19(26)22-9-12-1-4-15(21)5-2-12/h1-7,10,16H,8-9,11H2,(H,22,26)(H,24,25). The van der Waals surface area contributed by atoms with Crippen LogP contribution in [0.3, 0.4) is 0 Å². The van der Waals surface area contributed by atoms with Crippen LogP contribution in [0.25, 0.3) is 0 Å². The van der Waals surface area contributed by atoms with Gasteiger partial charge in [0.05, 0.1) is 5.25 Å². The first kappa shape index (κ1) is 22.3. The molecule has 0 bridgehead atoms. The van der Waals surface area contributed by atoms with Gasteiger partial charge >= 0.3 is 5.97 Å². The van der Waals surface area contributed by atoms with Gasteiger partial charge < -0.3 is 20.0 Å². The number of halogens is 2. The number of thioether (sulfide) groups is 1. The summed E-state index contributed by atoms with van der Waals surface area (Å²) in [6.45, 7) is -0.173. The van der Waals surface area contributed by atoms with Crippen LogP contribution in [0.4, 0.5) is 4.79 Å². The number of benzene rings is 2. The topological polar surface area (TPSA) is 92.7 Å². The molecular formula is C19H17BrClNO5S. The molecular weight excluding hydrogens is 470 g/mol. The Labute approximate surface area is 179 Å². The molecule has 148 valence electrons. The van der Waals surface area contributed by atoms with Crippen molar-refractivity contribution in [3.63, 3.8) is 0 Å². The van der Waals surface area contributed by atoms with Crippen molar-refractivity contribution >= 4 is 56.8 Å². The molecule has 0 fully saturated rings. The molecule has 0 aromatic heterocycles. The molecule has 0 saturated heterocycles. The summed E-state index contributed by atoms with van der Waals surface area (Å²) < 4.78 is 6.02. The molecule has 1 unspecified atom stereocenters. The molecule has 1 atom stereocenters. The zero-order chi connectivity index (χ0) is 20.5. The zero-order valence-electron chi connectivity index (χ0n) is 14.6. The number of carboxylic acids is 1.